The van der Waals surface area contributed by atoms with E-state index < -0.39 is 21.0 Å². The third-order valence-corrected chi connectivity index (χ3v) is 11.6. The molecule has 5 heterocycles. The van der Waals surface area contributed by atoms with Gasteiger partial charge in [0.25, 0.3) is 5.24 Å². The van der Waals surface area contributed by atoms with E-state index in [0.29, 0.717) is 93.8 Å². The number of carbonyl (C=O) groups excluding carboxylic acids is 4. The van der Waals surface area contributed by atoms with Crippen LogP contribution in [0.3, 0.4) is 0 Å². The van der Waals surface area contributed by atoms with Crippen molar-refractivity contribution in [1.82, 2.24) is 19.9 Å². The molecule has 8 nitrogen and oxygen atoms in total. The van der Waals surface area contributed by atoms with Crippen molar-refractivity contribution < 1.29 is 35.2 Å². The number of halogens is 4. The molecule has 7 aromatic rings. The van der Waals surface area contributed by atoms with E-state index in [1.165, 1.54) is 0 Å². The van der Waals surface area contributed by atoms with Crippen molar-refractivity contribution in [2.75, 3.05) is 0 Å². The van der Waals surface area contributed by atoms with Gasteiger partial charge < -0.3 is 0 Å². The summed E-state index contributed by atoms with van der Waals surface area (Å²) in [7, 11) is 0. The first-order valence-electron chi connectivity index (χ1n) is 18.5. The summed E-state index contributed by atoms with van der Waals surface area (Å²) in [5, 5.41) is -2.68. The molecule has 0 saturated heterocycles. The molecule has 0 atom stereocenters. The normalized spacial score (nSPS) is 11.8. The number of fused-ring (bicyclic) bond motifs is 8. The van der Waals surface area contributed by atoms with Crippen LogP contribution in [0.5, 0.6) is 0 Å². The van der Waals surface area contributed by atoms with Crippen LogP contribution in [0.2, 0.25) is 0 Å². The summed E-state index contributed by atoms with van der Waals surface area (Å²) in [5.74, 6) is 0. The van der Waals surface area contributed by atoms with Crippen molar-refractivity contribution in [2.24, 2.45) is 0 Å². The van der Waals surface area contributed by atoms with E-state index in [1.807, 2.05) is 48.6 Å². The van der Waals surface area contributed by atoms with Crippen LogP contribution in [0.25, 0.3) is 90.9 Å². The first-order valence-corrected chi connectivity index (χ1v) is 20.6. The minimum atomic E-state index is -0.679. The average Bonchev–Trinajstić information content (AvgIpc) is 4.09. The SMILES string of the molecule is O=C(Cl)c1ccccc1-c1c2nc(c(-c3ccccc3C(=O)Cl)c3ccc([nH]3)c(-c3c[c]([Mn])ccc3C(=O)Cl)c3nc(c(-c4ccccc4C(=O)Cl)c4ccc1[nH]4)C=C3)C=C2. The van der Waals surface area contributed by atoms with Gasteiger partial charge in [-0.05, 0) is 23.2 Å². The van der Waals surface area contributed by atoms with Crippen molar-refractivity contribution in [3.8, 4) is 44.5 Å². The van der Waals surface area contributed by atoms with Crippen molar-refractivity contribution in [1.29, 1.82) is 0 Å². The van der Waals surface area contributed by atoms with Crippen LogP contribution in [-0.4, -0.2) is 40.9 Å². The molecule has 2 aliphatic heterocycles. The fourth-order valence-electron chi connectivity index (χ4n) is 7.85. The van der Waals surface area contributed by atoms with E-state index in [1.54, 1.807) is 91.0 Å². The van der Waals surface area contributed by atoms with Crippen molar-refractivity contribution in [3.63, 3.8) is 0 Å². The van der Waals surface area contributed by atoms with Gasteiger partial charge in [-0.3, -0.25) is 4.79 Å². The molecule has 8 bridgehead atoms. The summed E-state index contributed by atoms with van der Waals surface area (Å²) < 4.78 is 0.683. The van der Waals surface area contributed by atoms with Crippen LogP contribution >= 0.6 is 46.4 Å². The van der Waals surface area contributed by atoms with Crippen LogP contribution in [0, 0.1) is 0 Å². The van der Waals surface area contributed by atoms with Gasteiger partial charge in [0.2, 0.25) is 0 Å². The number of aromatic amines is 2. The molecule has 2 aliphatic rings. The Bertz CT molecular complexity index is 3260. The van der Waals surface area contributed by atoms with E-state index in [2.05, 4.69) is 26.0 Å². The zero-order chi connectivity index (χ0) is 42.5. The first-order chi connectivity index (χ1) is 29.5. The molecule has 13 heteroatoms. The number of hydrogen-bond donors (Lipinski definition) is 2. The van der Waals surface area contributed by atoms with E-state index in [4.69, 9.17) is 56.4 Å². The molecule has 61 heavy (non-hydrogen) atoms. The van der Waals surface area contributed by atoms with Crippen molar-refractivity contribution in [3.05, 3.63) is 160 Å². The summed E-state index contributed by atoms with van der Waals surface area (Å²) in [5.41, 5.74) is 9.20. The molecule has 296 valence electrons. The summed E-state index contributed by atoms with van der Waals surface area (Å²) in [6, 6.07) is 33.4. The molecule has 0 spiro atoms. The number of hydrogen-bond acceptors (Lipinski definition) is 6. The van der Waals surface area contributed by atoms with Gasteiger partial charge in [-0.1, -0.05) is 18.2 Å². The second-order valence-electron chi connectivity index (χ2n) is 13.9. The Morgan fingerprint density at radius 2 is 0.689 bits per heavy atom. The topological polar surface area (TPSA) is 126 Å². The first kappa shape index (κ1) is 40.3. The Labute approximate surface area is 375 Å². The third-order valence-electron chi connectivity index (χ3n) is 10.4. The summed E-state index contributed by atoms with van der Waals surface area (Å²) in [4.78, 5) is 69.5. The molecule has 9 rings (SSSR count). The zero-order valence-corrected chi connectivity index (χ0v) is 35.4. The second kappa shape index (κ2) is 16.4. The Morgan fingerprint density at radius 3 is 1.02 bits per heavy atom. The number of nitrogens with zero attached hydrogens (tertiary/aromatic N) is 2. The molecular weight excluding hydrogens is 893 g/mol. The number of benzene rings is 4. The predicted octanol–water partition coefficient (Wildman–Crippen LogP) is 12.0. The summed E-state index contributed by atoms with van der Waals surface area (Å²) in [6.07, 6.45) is 7.28. The van der Waals surface area contributed by atoms with Gasteiger partial charge >= 0.3 is 321 Å². The minimum absolute atomic E-state index is 0.231. The Morgan fingerprint density at radius 1 is 0.393 bits per heavy atom. The van der Waals surface area contributed by atoms with E-state index in [9.17, 15) is 19.2 Å². The number of aromatic nitrogens is 4. The molecule has 0 amide bonds. The van der Waals surface area contributed by atoms with Crippen LogP contribution < -0.4 is 4.46 Å². The molecule has 3 aromatic heterocycles. The summed E-state index contributed by atoms with van der Waals surface area (Å²) in [6.45, 7) is 0. The van der Waals surface area contributed by atoms with Gasteiger partial charge in [0.05, 0.1) is 0 Å². The quantitative estimate of drug-likeness (QED) is 0.115. The summed E-state index contributed by atoms with van der Waals surface area (Å²) >= 11 is 28.5. The Hall–Kier alpha value is -6.16. The van der Waals surface area contributed by atoms with Gasteiger partial charge in [-0.15, -0.1) is 0 Å². The fourth-order valence-corrected chi connectivity index (χ4v) is 8.78. The monoisotopic (exact) mass is 916 g/mol. The average molecular weight is 919 g/mol. The number of H-pyrrole nitrogens is 2. The van der Waals surface area contributed by atoms with E-state index in [-0.39, 0.29) is 22.3 Å². The molecule has 0 radical (unpaired) electrons. The van der Waals surface area contributed by atoms with Gasteiger partial charge in [0.15, 0.2) is 0 Å². The standard InChI is InChI=1S/C48H25Cl4N4O4.Mn/c49-45(57)29-13-5-1-9-25(29)41-33-17-19-35(53-33)42(26-10-2-6-14-30(26)46(50)58)37-21-23-39(55-37)44(28-12-4-8-16-32(28)48(52)60)40-24-22-38(56-40)43(36-20-18-34(41)54-36)27-11-3-7-15-31(27)47(51)59;/h1-3,5-24,53,56H;. The molecule has 4 aromatic carbocycles. The fraction of sp³-hybridized carbons (Fsp3) is 0. The molecular formula is C48H25Cl4MnN4O4. The van der Waals surface area contributed by atoms with E-state index >= 15 is 0 Å². The van der Waals surface area contributed by atoms with Gasteiger partial charge in [0.1, 0.15) is 0 Å². The Balaban J connectivity index is 1.54. The van der Waals surface area contributed by atoms with E-state index in [0.717, 1.165) is 0 Å². The maximum absolute atomic E-state index is 13.0. The van der Waals surface area contributed by atoms with Gasteiger partial charge in [-0.25, -0.2) is 0 Å². The number of carbonyl (C=O) groups is 4. The second-order valence-corrected chi connectivity index (χ2v) is 16.0. The molecule has 0 aliphatic carbocycles. The number of nitrogens with one attached hydrogen (secondary N) is 2. The maximum atomic E-state index is 13.0. The van der Waals surface area contributed by atoms with Crippen LogP contribution in [-0.2, 0) is 16.0 Å². The number of rotatable bonds is 8. The zero-order valence-electron chi connectivity index (χ0n) is 31.2. The predicted molar refractivity (Wildman–Crippen MR) is 241 cm³/mol. The van der Waals surface area contributed by atoms with Crippen LogP contribution in [0.15, 0.2) is 115 Å². The molecule has 0 unspecified atom stereocenters. The van der Waals surface area contributed by atoms with Gasteiger partial charge in [0, 0.05) is 5.56 Å². The van der Waals surface area contributed by atoms with Crippen LogP contribution in [0.4, 0.5) is 0 Å². The van der Waals surface area contributed by atoms with Crippen LogP contribution in [0.1, 0.15) is 64.2 Å². The Kier molecular flexibility index (Phi) is 10.8. The third kappa shape index (κ3) is 7.40. The molecule has 2 N–H and O–H groups in total. The van der Waals surface area contributed by atoms with Gasteiger partial charge in [-0.2, -0.15) is 0 Å². The molecule has 0 fully saturated rings. The van der Waals surface area contributed by atoms with Crippen molar-refractivity contribution in [2.45, 2.75) is 0 Å². The molecule has 0 saturated carbocycles. The van der Waals surface area contributed by atoms with Crippen molar-refractivity contribution >= 4 is 118 Å².